The molecular formula is C18H16N4O2. The molecule has 0 radical (unpaired) electrons. The van der Waals surface area contributed by atoms with Crippen LogP contribution >= 0.6 is 0 Å². The summed E-state index contributed by atoms with van der Waals surface area (Å²) < 4.78 is 5.34. The van der Waals surface area contributed by atoms with Crippen molar-refractivity contribution < 1.29 is 9.32 Å². The van der Waals surface area contributed by atoms with E-state index in [1.54, 1.807) is 17.3 Å². The van der Waals surface area contributed by atoms with E-state index in [1.807, 2.05) is 43.3 Å². The summed E-state index contributed by atoms with van der Waals surface area (Å²) >= 11 is 0. The van der Waals surface area contributed by atoms with Crippen LogP contribution in [0.15, 0.2) is 53.3 Å². The number of pyridine rings is 1. The highest BCUT2D eigenvalue weighted by Crippen LogP contribution is 2.31. The average Bonchev–Trinajstić information content (AvgIpc) is 3.22. The molecule has 1 aliphatic heterocycles. The molecule has 1 aliphatic rings. The van der Waals surface area contributed by atoms with E-state index in [-0.39, 0.29) is 11.8 Å². The van der Waals surface area contributed by atoms with Gasteiger partial charge in [-0.05, 0) is 36.8 Å². The zero-order valence-electron chi connectivity index (χ0n) is 13.2. The van der Waals surface area contributed by atoms with E-state index in [0.29, 0.717) is 24.7 Å². The Bertz CT molecular complexity index is 875. The molecule has 0 bridgehead atoms. The molecule has 1 aromatic carbocycles. The molecule has 4 rings (SSSR count). The Balaban J connectivity index is 1.56. The first kappa shape index (κ1) is 14.6. The van der Waals surface area contributed by atoms with Crippen LogP contribution in [0.25, 0.3) is 11.5 Å². The molecule has 3 heterocycles. The number of nitrogens with zero attached hydrogens (tertiary/aromatic N) is 4. The minimum Gasteiger partial charge on any atom is -0.334 e. The molecule has 6 heteroatoms. The molecule has 3 aromatic rings. The molecule has 0 aliphatic carbocycles. The smallest absolute Gasteiger partial charge is 0.258 e. The van der Waals surface area contributed by atoms with E-state index in [1.165, 1.54) is 0 Å². The molecule has 1 fully saturated rings. The fraction of sp³-hybridized carbons (Fsp3) is 0.222. The number of carbonyl (C=O) groups excluding carboxylic acids is 1. The third kappa shape index (κ3) is 2.67. The van der Waals surface area contributed by atoms with E-state index in [9.17, 15) is 4.79 Å². The van der Waals surface area contributed by atoms with Crippen LogP contribution in [0.5, 0.6) is 0 Å². The molecule has 0 saturated carbocycles. The fourth-order valence-electron chi connectivity index (χ4n) is 2.94. The average molecular weight is 320 g/mol. The molecule has 6 nitrogen and oxygen atoms in total. The lowest BCUT2D eigenvalue weighted by atomic mass is 10.1. The predicted molar refractivity (Wildman–Crippen MR) is 88.4 cm³/mol. The SMILES string of the molecule is Cc1cccc(N2C[C@H](c3noc(-c4ccncc4)n3)CC2=O)c1. The van der Waals surface area contributed by atoms with Crippen LogP contribution in [-0.2, 0) is 4.79 Å². The molecular weight excluding hydrogens is 304 g/mol. The number of aromatic nitrogens is 3. The second-order valence-corrected chi connectivity index (χ2v) is 5.94. The number of carbonyl (C=O) groups is 1. The largest absolute Gasteiger partial charge is 0.334 e. The fourth-order valence-corrected chi connectivity index (χ4v) is 2.94. The van der Waals surface area contributed by atoms with Crippen molar-refractivity contribution in [2.45, 2.75) is 19.3 Å². The van der Waals surface area contributed by atoms with Crippen molar-refractivity contribution in [3.63, 3.8) is 0 Å². The topological polar surface area (TPSA) is 72.1 Å². The lowest BCUT2D eigenvalue weighted by Gasteiger charge is -2.16. The van der Waals surface area contributed by atoms with E-state index in [4.69, 9.17) is 4.52 Å². The Kier molecular flexibility index (Phi) is 3.57. The summed E-state index contributed by atoms with van der Waals surface area (Å²) in [5, 5.41) is 4.07. The molecule has 1 atom stereocenters. The lowest BCUT2D eigenvalue weighted by Crippen LogP contribution is -2.24. The number of hydrogen-bond acceptors (Lipinski definition) is 5. The number of hydrogen-bond donors (Lipinski definition) is 0. The van der Waals surface area contributed by atoms with E-state index in [2.05, 4.69) is 15.1 Å². The highest BCUT2D eigenvalue weighted by atomic mass is 16.5. The van der Waals surface area contributed by atoms with Crippen LogP contribution in [0.1, 0.15) is 23.7 Å². The van der Waals surface area contributed by atoms with Gasteiger partial charge in [0.15, 0.2) is 5.82 Å². The Morgan fingerprint density at radius 1 is 1.21 bits per heavy atom. The quantitative estimate of drug-likeness (QED) is 0.742. The van der Waals surface area contributed by atoms with Gasteiger partial charge in [-0.3, -0.25) is 9.78 Å². The van der Waals surface area contributed by atoms with Gasteiger partial charge in [0.05, 0.1) is 0 Å². The lowest BCUT2D eigenvalue weighted by molar-refractivity contribution is -0.117. The molecule has 120 valence electrons. The van der Waals surface area contributed by atoms with Gasteiger partial charge in [0.2, 0.25) is 5.91 Å². The standard InChI is InChI=1S/C18H16N4O2/c1-12-3-2-4-15(9-12)22-11-14(10-16(22)23)17-20-18(24-21-17)13-5-7-19-8-6-13/h2-9,14H,10-11H2,1H3/t14-/m1/s1. The van der Waals surface area contributed by atoms with Crippen molar-refractivity contribution in [3.05, 3.63) is 60.2 Å². The van der Waals surface area contributed by atoms with Crippen molar-refractivity contribution in [1.29, 1.82) is 0 Å². The summed E-state index contributed by atoms with van der Waals surface area (Å²) in [5.41, 5.74) is 2.87. The van der Waals surface area contributed by atoms with Gasteiger partial charge >= 0.3 is 0 Å². The van der Waals surface area contributed by atoms with E-state index >= 15 is 0 Å². The molecule has 1 saturated heterocycles. The summed E-state index contributed by atoms with van der Waals surface area (Å²) in [4.78, 5) is 22.6. The summed E-state index contributed by atoms with van der Waals surface area (Å²) in [7, 11) is 0. The van der Waals surface area contributed by atoms with Crippen molar-refractivity contribution >= 4 is 11.6 Å². The van der Waals surface area contributed by atoms with Gasteiger partial charge in [-0.25, -0.2) is 0 Å². The second kappa shape index (κ2) is 5.88. The third-order valence-corrected chi connectivity index (χ3v) is 4.17. The van der Waals surface area contributed by atoms with Crippen LogP contribution in [0.3, 0.4) is 0 Å². The monoisotopic (exact) mass is 320 g/mol. The molecule has 2 aromatic heterocycles. The summed E-state index contributed by atoms with van der Waals surface area (Å²) in [6.07, 6.45) is 3.75. The van der Waals surface area contributed by atoms with Crippen LogP contribution in [0, 0.1) is 6.92 Å². The van der Waals surface area contributed by atoms with Gasteiger partial charge < -0.3 is 9.42 Å². The first-order chi connectivity index (χ1) is 11.7. The van der Waals surface area contributed by atoms with Crippen LogP contribution in [-0.4, -0.2) is 27.6 Å². The molecule has 0 spiro atoms. The van der Waals surface area contributed by atoms with Gasteiger partial charge in [-0.2, -0.15) is 4.98 Å². The Morgan fingerprint density at radius 3 is 2.83 bits per heavy atom. The molecule has 1 amide bonds. The first-order valence-corrected chi connectivity index (χ1v) is 7.82. The second-order valence-electron chi connectivity index (χ2n) is 5.94. The van der Waals surface area contributed by atoms with Gasteiger partial charge in [-0.15, -0.1) is 0 Å². The number of aryl methyl sites for hydroxylation is 1. The normalized spacial score (nSPS) is 17.5. The summed E-state index contributed by atoms with van der Waals surface area (Å²) in [6.45, 7) is 2.58. The Morgan fingerprint density at radius 2 is 2.04 bits per heavy atom. The highest BCUT2D eigenvalue weighted by molar-refractivity contribution is 5.96. The maximum atomic E-state index is 12.4. The summed E-state index contributed by atoms with van der Waals surface area (Å²) in [5.74, 6) is 1.05. The minimum atomic E-state index is -0.0580. The number of amides is 1. The van der Waals surface area contributed by atoms with Crippen molar-refractivity contribution in [3.8, 4) is 11.5 Å². The zero-order valence-corrected chi connectivity index (χ0v) is 13.2. The van der Waals surface area contributed by atoms with Crippen LogP contribution < -0.4 is 4.90 Å². The van der Waals surface area contributed by atoms with Crippen molar-refractivity contribution in [2.75, 3.05) is 11.4 Å². The first-order valence-electron chi connectivity index (χ1n) is 7.82. The van der Waals surface area contributed by atoms with Crippen LogP contribution in [0.2, 0.25) is 0 Å². The zero-order chi connectivity index (χ0) is 16.5. The van der Waals surface area contributed by atoms with Gasteiger partial charge in [0, 0.05) is 42.5 Å². The molecule has 24 heavy (non-hydrogen) atoms. The van der Waals surface area contributed by atoms with Crippen molar-refractivity contribution in [1.82, 2.24) is 15.1 Å². The number of rotatable bonds is 3. The van der Waals surface area contributed by atoms with E-state index in [0.717, 1.165) is 16.8 Å². The van der Waals surface area contributed by atoms with Gasteiger partial charge in [0.25, 0.3) is 5.89 Å². The van der Waals surface area contributed by atoms with Crippen LogP contribution in [0.4, 0.5) is 5.69 Å². The van der Waals surface area contributed by atoms with E-state index < -0.39 is 0 Å². The third-order valence-electron chi connectivity index (χ3n) is 4.17. The predicted octanol–water partition coefficient (Wildman–Crippen LogP) is 2.96. The van der Waals surface area contributed by atoms with Gasteiger partial charge in [0.1, 0.15) is 0 Å². The highest BCUT2D eigenvalue weighted by Gasteiger charge is 2.34. The maximum absolute atomic E-state index is 12.4. The minimum absolute atomic E-state index is 0.0580. The molecule has 0 N–H and O–H groups in total. The van der Waals surface area contributed by atoms with Gasteiger partial charge in [-0.1, -0.05) is 17.3 Å². The summed E-state index contributed by atoms with van der Waals surface area (Å²) in [6, 6.07) is 11.6. The number of anilines is 1. The Labute approximate surface area is 139 Å². The Hall–Kier alpha value is -3.02. The molecule has 0 unspecified atom stereocenters. The maximum Gasteiger partial charge on any atom is 0.258 e. The van der Waals surface area contributed by atoms with Crippen molar-refractivity contribution in [2.24, 2.45) is 0 Å². The number of benzene rings is 1.